The molecule has 186 valence electrons. The summed E-state index contributed by atoms with van der Waals surface area (Å²) in [6.07, 6.45) is -3.66. The van der Waals surface area contributed by atoms with Gasteiger partial charge in [-0.1, -0.05) is 23.2 Å². The number of halogens is 5. The van der Waals surface area contributed by atoms with E-state index in [0.717, 1.165) is 12.1 Å². The molecule has 1 aromatic heterocycles. The van der Waals surface area contributed by atoms with Crippen LogP contribution in [0.1, 0.15) is 45.7 Å². The number of amides is 1. The van der Waals surface area contributed by atoms with E-state index in [2.05, 4.69) is 4.98 Å². The van der Waals surface area contributed by atoms with E-state index in [1.54, 1.807) is 29.5 Å². The molecule has 1 saturated heterocycles. The van der Waals surface area contributed by atoms with Gasteiger partial charge in [-0.15, -0.1) is 0 Å². The number of carbonyl (C=O) groups is 2. The molecule has 0 atom stereocenters. The van der Waals surface area contributed by atoms with E-state index in [0.29, 0.717) is 58.9 Å². The predicted molar refractivity (Wildman–Crippen MR) is 126 cm³/mol. The first-order valence-electron chi connectivity index (χ1n) is 10.9. The second-order valence-electron chi connectivity index (χ2n) is 8.71. The molecule has 0 radical (unpaired) electrons. The Kier molecular flexibility index (Phi) is 6.76. The summed E-state index contributed by atoms with van der Waals surface area (Å²) in [5, 5.41) is 9.62. The maximum atomic E-state index is 13.3. The van der Waals surface area contributed by atoms with Gasteiger partial charge >= 0.3 is 12.1 Å². The van der Waals surface area contributed by atoms with E-state index >= 15 is 0 Å². The minimum atomic E-state index is -4.48. The van der Waals surface area contributed by atoms with E-state index in [1.165, 1.54) is 6.07 Å². The SMILES string of the molecule is Cc1cc(C(F)(F)F)cc2c1nc(Cc1c(Cl)ccc(C(=O)N3CCC(C(=O)O)CC3)c1Cl)n2C. The van der Waals surface area contributed by atoms with Crippen molar-refractivity contribution >= 4 is 46.1 Å². The van der Waals surface area contributed by atoms with Crippen LogP contribution in [0, 0.1) is 12.8 Å². The molecule has 3 aromatic rings. The molecule has 2 aromatic carbocycles. The molecule has 1 aliphatic rings. The minimum Gasteiger partial charge on any atom is -0.481 e. The largest absolute Gasteiger partial charge is 0.481 e. The monoisotopic (exact) mass is 527 g/mol. The number of hydrogen-bond donors (Lipinski definition) is 1. The van der Waals surface area contributed by atoms with Gasteiger partial charge in [-0.25, -0.2) is 4.98 Å². The fourth-order valence-electron chi connectivity index (χ4n) is 4.41. The van der Waals surface area contributed by atoms with Crippen molar-refractivity contribution in [1.82, 2.24) is 14.5 Å². The lowest BCUT2D eigenvalue weighted by Crippen LogP contribution is -2.40. The zero-order valence-electron chi connectivity index (χ0n) is 18.9. The van der Waals surface area contributed by atoms with Crippen LogP contribution < -0.4 is 0 Å². The summed E-state index contributed by atoms with van der Waals surface area (Å²) in [6, 6.07) is 5.19. The van der Waals surface area contributed by atoms with Crippen LogP contribution in [0.2, 0.25) is 10.0 Å². The zero-order chi connectivity index (χ0) is 25.7. The lowest BCUT2D eigenvalue weighted by atomic mass is 9.96. The van der Waals surface area contributed by atoms with Crippen molar-refractivity contribution in [2.45, 2.75) is 32.4 Å². The molecule has 6 nitrogen and oxygen atoms in total. The predicted octanol–water partition coefficient (Wildman–Crippen LogP) is 5.73. The van der Waals surface area contributed by atoms with E-state index in [1.807, 2.05) is 0 Å². The number of carboxylic acids is 1. The number of aryl methyl sites for hydroxylation is 2. The van der Waals surface area contributed by atoms with Gasteiger partial charge in [0.05, 0.1) is 33.1 Å². The highest BCUT2D eigenvalue weighted by Crippen LogP contribution is 2.35. The molecule has 1 fully saturated rings. The zero-order valence-corrected chi connectivity index (χ0v) is 20.4. The molecule has 11 heteroatoms. The fourth-order valence-corrected chi connectivity index (χ4v) is 4.99. The van der Waals surface area contributed by atoms with Gasteiger partial charge in [0.1, 0.15) is 5.82 Å². The standard InChI is InChI=1S/C24H22Cl2F3N3O3/c1-12-9-14(24(27,28)29)10-18-21(12)30-19(31(18)2)11-16-17(25)4-3-15(20(16)26)22(33)32-7-5-13(6-8-32)23(34)35/h3-4,9-10,13H,5-8,11H2,1-2H3,(H,34,35). The number of carboxylic acid groups (broad SMARTS) is 1. The number of alkyl halides is 3. The third-order valence-corrected chi connectivity index (χ3v) is 7.27. The van der Waals surface area contributed by atoms with Crippen molar-refractivity contribution in [2.75, 3.05) is 13.1 Å². The Morgan fingerprint density at radius 1 is 1.17 bits per heavy atom. The lowest BCUT2D eigenvalue weighted by Gasteiger charge is -2.30. The second kappa shape index (κ2) is 9.35. The molecule has 0 bridgehead atoms. The Bertz CT molecular complexity index is 1330. The van der Waals surface area contributed by atoms with Crippen LogP contribution in [-0.4, -0.2) is 44.5 Å². The van der Waals surface area contributed by atoms with Gasteiger partial charge in [0.25, 0.3) is 5.91 Å². The fraction of sp³-hybridized carbons (Fsp3) is 0.375. The van der Waals surface area contributed by atoms with Crippen molar-refractivity contribution in [3.05, 3.63) is 62.4 Å². The van der Waals surface area contributed by atoms with Crippen LogP contribution in [0.4, 0.5) is 13.2 Å². The van der Waals surface area contributed by atoms with Crippen LogP contribution in [0.5, 0.6) is 0 Å². The molecule has 4 rings (SSSR count). The van der Waals surface area contributed by atoms with Crippen molar-refractivity contribution in [3.8, 4) is 0 Å². The first-order chi connectivity index (χ1) is 16.4. The number of imidazole rings is 1. The average molecular weight is 528 g/mol. The molecular formula is C24H22Cl2F3N3O3. The van der Waals surface area contributed by atoms with E-state index in [9.17, 15) is 27.9 Å². The molecule has 0 saturated carbocycles. The van der Waals surface area contributed by atoms with Crippen LogP contribution >= 0.6 is 23.2 Å². The molecule has 1 aliphatic heterocycles. The normalized spacial score (nSPS) is 15.1. The first-order valence-corrected chi connectivity index (χ1v) is 11.7. The summed E-state index contributed by atoms with van der Waals surface area (Å²) in [5.41, 5.74) is 1.07. The Balaban J connectivity index is 1.66. The van der Waals surface area contributed by atoms with Gasteiger partial charge in [0.15, 0.2) is 0 Å². The van der Waals surface area contributed by atoms with Gasteiger partial charge in [0, 0.05) is 31.6 Å². The number of hydrogen-bond acceptors (Lipinski definition) is 3. The molecule has 1 amide bonds. The smallest absolute Gasteiger partial charge is 0.416 e. The summed E-state index contributed by atoms with van der Waals surface area (Å²) >= 11 is 13.0. The molecular weight excluding hydrogens is 506 g/mol. The van der Waals surface area contributed by atoms with Gasteiger partial charge in [0.2, 0.25) is 0 Å². The quantitative estimate of drug-likeness (QED) is 0.469. The van der Waals surface area contributed by atoms with Crippen molar-refractivity contribution < 1.29 is 27.9 Å². The van der Waals surface area contributed by atoms with E-state index < -0.39 is 23.6 Å². The first kappa shape index (κ1) is 25.3. The van der Waals surface area contributed by atoms with Gasteiger partial charge < -0.3 is 14.6 Å². The van der Waals surface area contributed by atoms with Crippen LogP contribution in [-0.2, 0) is 24.4 Å². The molecule has 1 N–H and O–H groups in total. The van der Waals surface area contributed by atoms with E-state index in [4.69, 9.17) is 23.2 Å². The number of aliphatic carboxylic acids is 1. The number of piperidine rings is 1. The molecule has 0 aliphatic carbocycles. The lowest BCUT2D eigenvalue weighted by molar-refractivity contribution is -0.143. The van der Waals surface area contributed by atoms with Crippen molar-refractivity contribution in [1.29, 1.82) is 0 Å². The Labute approximate surface area is 209 Å². The Morgan fingerprint density at radius 3 is 2.43 bits per heavy atom. The van der Waals surface area contributed by atoms with Gasteiger partial charge in [-0.3, -0.25) is 9.59 Å². The average Bonchev–Trinajstić information content (AvgIpc) is 3.11. The highest BCUT2D eigenvalue weighted by Gasteiger charge is 2.32. The third-order valence-electron chi connectivity index (χ3n) is 6.48. The molecule has 0 spiro atoms. The topological polar surface area (TPSA) is 75.4 Å². The van der Waals surface area contributed by atoms with Crippen LogP contribution in [0.3, 0.4) is 0 Å². The summed E-state index contributed by atoms with van der Waals surface area (Å²) < 4.78 is 41.4. The number of likely N-dealkylation sites (tertiary alicyclic amines) is 1. The maximum absolute atomic E-state index is 13.3. The number of benzene rings is 2. The van der Waals surface area contributed by atoms with Gasteiger partial charge in [-0.05, 0) is 55.2 Å². The van der Waals surface area contributed by atoms with Crippen LogP contribution in [0.25, 0.3) is 11.0 Å². The van der Waals surface area contributed by atoms with E-state index in [-0.39, 0.29) is 22.9 Å². The number of rotatable bonds is 4. The highest BCUT2D eigenvalue weighted by atomic mass is 35.5. The number of fused-ring (bicyclic) bond motifs is 1. The maximum Gasteiger partial charge on any atom is 0.416 e. The summed E-state index contributed by atoms with van der Waals surface area (Å²) in [4.78, 5) is 30.4. The molecule has 0 unspecified atom stereocenters. The Morgan fingerprint density at radius 2 is 1.83 bits per heavy atom. The highest BCUT2D eigenvalue weighted by molar-refractivity contribution is 6.38. The molecule has 2 heterocycles. The third kappa shape index (κ3) is 4.84. The second-order valence-corrected chi connectivity index (χ2v) is 9.50. The summed E-state index contributed by atoms with van der Waals surface area (Å²) in [6.45, 7) is 2.17. The number of carbonyl (C=O) groups excluding carboxylic acids is 1. The number of nitrogens with zero attached hydrogens (tertiary/aromatic N) is 3. The van der Waals surface area contributed by atoms with Crippen molar-refractivity contribution in [3.63, 3.8) is 0 Å². The van der Waals surface area contributed by atoms with Crippen molar-refractivity contribution in [2.24, 2.45) is 13.0 Å². The Hall–Kier alpha value is -2.78. The van der Waals surface area contributed by atoms with Gasteiger partial charge in [-0.2, -0.15) is 13.2 Å². The van der Waals surface area contributed by atoms with Crippen LogP contribution in [0.15, 0.2) is 24.3 Å². The molecule has 35 heavy (non-hydrogen) atoms. The number of aromatic nitrogens is 2. The summed E-state index contributed by atoms with van der Waals surface area (Å²) in [5.74, 6) is -1.23. The summed E-state index contributed by atoms with van der Waals surface area (Å²) in [7, 11) is 1.62. The minimum absolute atomic E-state index is 0.103.